The molecule has 0 bridgehead atoms. The summed E-state index contributed by atoms with van der Waals surface area (Å²) in [5.41, 5.74) is 2.77. The maximum atomic E-state index is 12.7. The summed E-state index contributed by atoms with van der Waals surface area (Å²) < 4.78 is 10.7. The Morgan fingerprint density at radius 1 is 1.14 bits per heavy atom. The molecular formula is C22H27NO4S. The average Bonchev–Trinajstić information content (AvgIpc) is 3.21. The van der Waals surface area contributed by atoms with Gasteiger partial charge in [0.2, 0.25) is 0 Å². The maximum absolute atomic E-state index is 12.7. The Labute approximate surface area is 170 Å². The van der Waals surface area contributed by atoms with Gasteiger partial charge in [-0.3, -0.25) is 4.79 Å². The molecule has 0 aliphatic heterocycles. The minimum Gasteiger partial charge on any atom is -0.481 e. The summed E-state index contributed by atoms with van der Waals surface area (Å²) in [5, 5.41) is 3.42. The highest BCUT2D eigenvalue weighted by atomic mass is 32.1. The van der Waals surface area contributed by atoms with E-state index in [-0.39, 0.29) is 11.3 Å². The Morgan fingerprint density at radius 3 is 2.43 bits per heavy atom. The van der Waals surface area contributed by atoms with Crippen LogP contribution in [0.5, 0.6) is 5.75 Å². The smallest absolute Gasteiger partial charge is 0.341 e. The van der Waals surface area contributed by atoms with E-state index in [1.54, 1.807) is 6.92 Å². The number of hydrogen-bond acceptors (Lipinski definition) is 5. The van der Waals surface area contributed by atoms with E-state index < -0.39 is 12.1 Å². The second-order valence-electron chi connectivity index (χ2n) is 8.08. The maximum Gasteiger partial charge on any atom is 0.341 e. The van der Waals surface area contributed by atoms with Gasteiger partial charge in [-0.05, 0) is 54.9 Å². The third-order valence-corrected chi connectivity index (χ3v) is 6.16. The Hall–Kier alpha value is -2.34. The summed E-state index contributed by atoms with van der Waals surface area (Å²) in [6, 6.07) is 7.78. The van der Waals surface area contributed by atoms with Crippen LogP contribution in [0.2, 0.25) is 0 Å². The van der Waals surface area contributed by atoms with Gasteiger partial charge in [0.25, 0.3) is 5.91 Å². The van der Waals surface area contributed by atoms with Crippen molar-refractivity contribution in [3.8, 4) is 5.75 Å². The first kappa shape index (κ1) is 20.4. The number of anilines is 1. The molecule has 1 atom stereocenters. The van der Waals surface area contributed by atoms with Crippen LogP contribution < -0.4 is 10.1 Å². The summed E-state index contributed by atoms with van der Waals surface area (Å²) in [6.45, 7) is 8.15. The van der Waals surface area contributed by atoms with Crippen LogP contribution in [0.3, 0.4) is 0 Å². The number of benzene rings is 1. The molecule has 0 saturated carbocycles. The van der Waals surface area contributed by atoms with Gasteiger partial charge in [-0.25, -0.2) is 4.79 Å². The number of amides is 1. The van der Waals surface area contributed by atoms with Crippen molar-refractivity contribution in [3.63, 3.8) is 0 Å². The van der Waals surface area contributed by atoms with Crippen LogP contribution in [0, 0.1) is 0 Å². The van der Waals surface area contributed by atoms with E-state index in [1.807, 2.05) is 24.3 Å². The van der Waals surface area contributed by atoms with Gasteiger partial charge in [-0.15, -0.1) is 11.3 Å². The highest BCUT2D eigenvalue weighted by Gasteiger charge is 2.29. The molecule has 1 N–H and O–H groups in total. The molecular weight excluding hydrogens is 374 g/mol. The summed E-state index contributed by atoms with van der Waals surface area (Å²) in [6.07, 6.45) is 2.12. The van der Waals surface area contributed by atoms with Crippen molar-refractivity contribution < 1.29 is 19.1 Å². The molecule has 150 valence electrons. The number of thiophene rings is 1. The number of ether oxygens (including phenoxy) is 2. The number of fused-ring (bicyclic) bond motifs is 1. The Morgan fingerprint density at radius 2 is 1.82 bits per heavy atom. The highest BCUT2D eigenvalue weighted by Crippen LogP contribution is 2.39. The van der Waals surface area contributed by atoms with Crippen LogP contribution in [0.4, 0.5) is 5.00 Å². The van der Waals surface area contributed by atoms with Gasteiger partial charge in [-0.1, -0.05) is 32.9 Å². The van der Waals surface area contributed by atoms with Crippen LogP contribution in [0.25, 0.3) is 0 Å². The lowest BCUT2D eigenvalue weighted by atomic mass is 9.87. The number of hydrogen-bond donors (Lipinski definition) is 1. The minimum atomic E-state index is -0.692. The number of esters is 1. The second kappa shape index (κ2) is 7.95. The summed E-state index contributed by atoms with van der Waals surface area (Å²) in [5.74, 6) is -0.0523. The van der Waals surface area contributed by atoms with Gasteiger partial charge >= 0.3 is 5.97 Å². The molecule has 0 saturated heterocycles. The fraction of sp³-hybridized carbons (Fsp3) is 0.455. The predicted octanol–water partition coefficient (Wildman–Crippen LogP) is 4.73. The lowest BCUT2D eigenvalue weighted by molar-refractivity contribution is -0.122. The van der Waals surface area contributed by atoms with E-state index >= 15 is 0 Å². The topological polar surface area (TPSA) is 64.6 Å². The number of carbonyl (C=O) groups excluding carboxylic acids is 2. The summed E-state index contributed by atoms with van der Waals surface area (Å²) in [7, 11) is 1.36. The number of rotatable bonds is 5. The zero-order valence-corrected chi connectivity index (χ0v) is 17.9. The van der Waals surface area contributed by atoms with E-state index in [0.29, 0.717) is 16.3 Å². The van der Waals surface area contributed by atoms with Crippen LogP contribution in [0.15, 0.2) is 24.3 Å². The molecule has 1 amide bonds. The van der Waals surface area contributed by atoms with Crippen molar-refractivity contribution >= 4 is 28.2 Å². The molecule has 28 heavy (non-hydrogen) atoms. The first-order valence-corrected chi connectivity index (χ1v) is 10.3. The quantitative estimate of drug-likeness (QED) is 0.736. The van der Waals surface area contributed by atoms with Crippen LogP contribution in [-0.2, 0) is 27.8 Å². The van der Waals surface area contributed by atoms with E-state index in [1.165, 1.54) is 24.0 Å². The molecule has 0 unspecified atom stereocenters. The monoisotopic (exact) mass is 401 g/mol. The molecule has 1 aromatic heterocycles. The zero-order valence-electron chi connectivity index (χ0n) is 17.0. The third-order valence-electron chi connectivity index (χ3n) is 4.95. The molecule has 2 aromatic rings. The van der Waals surface area contributed by atoms with Crippen molar-refractivity contribution in [3.05, 3.63) is 45.8 Å². The fourth-order valence-electron chi connectivity index (χ4n) is 3.32. The molecule has 5 nitrogen and oxygen atoms in total. The molecule has 3 rings (SSSR count). The molecule has 6 heteroatoms. The lowest BCUT2D eigenvalue weighted by Gasteiger charge is -2.20. The normalized spacial score (nSPS) is 14.3. The molecule has 0 fully saturated rings. The largest absolute Gasteiger partial charge is 0.481 e. The number of methoxy groups -OCH3 is 1. The number of carbonyl (C=O) groups is 2. The van der Waals surface area contributed by atoms with E-state index in [4.69, 9.17) is 9.47 Å². The second-order valence-corrected chi connectivity index (χ2v) is 9.18. The third kappa shape index (κ3) is 4.22. The Bertz CT molecular complexity index is 877. The minimum absolute atomic E-state index is 0.0609. The first-order valence-electron chi connectivity index (χ1n) is 9.51. The zero-order chi connectivity index (χ0) is 20.5. The predicted molar refractivity (Wildman–Crippen MR) is 112 cm³/mol. The van der Waals surface area contributed by atoms with Crippen molar-refractivity contribution in [2.45, 2.75) is 58.5 Å². The van der Waals surface area contributed by atoms with E-state index in [0.717, 1.165) is 29.7 Å². The van der Waals surface area contributed by atoms with Crippen LogP contribution in [-0.4, -0.2) is 25.1 Å². The molecule has 1 aliphatic carbocycles. The van der Waals surface area contributed by atoms with E-state index in [9.17, 15) is 9.59 Å². The molecule has 1 aromatic carbocycles. The number of nitrogens with one attached hydrogen (secondary N) is 1. The molecule has 0 spiro atoms. The van der Waals surface area contributed by atoms with Gasteiger partial charge in [0, 0.05) is 4.88 Å². The Balaban J connectivity index is 1.71. The summed E-state index contributed by atoms with van der Waals surface area (Å²) >= 11 is 1.46. The molecule has 1 aliphatic rings. The first-order chi connectivity index (χ1) is 13.2. The van der Waals surface area contributed by atoms with Crippen molar-refractivity contribution in [2.75, 3.05) is 12.4 Å². The van der Waals surface area contributed by atoms with Gasteiger partial charge in [0.15, 0.2) is 6.10 Å². The van der Waals surface area contributed by atoms with Gasteiger partial charge < -0.3 is 14.8 Å². The summed E-state index contributed by atoms with van der Waals surface area (Å²) in [4.78, 5) is 26.0. The number of aryl methyl sites for hydroxylation is 1. The van der Waals surface area contributed by atoms with Gasteiger partial charge in [0.1, 0.15) is 10.8 Å². The van der Waals surface area contributed by atoms with Crippen molar-refractivity contribution in [1.29, 1.82) is 0 Å². The molecule has 0 radical (unpaired) electrons. The van der Waals surface area contributed by atoms with Crippen molar-refractivity contribution in [2.24, 2.45) is 0 Å². The van der Waals surface area contributed by atoms with Crippen molar-refractivity contribution in [1.82, 2.24) is 0 Å². The van der Waals surface area contributed by atoms with Crippen LogP contribution in [0.1, 0.15) is 60.5 Å². The average molecular weight is 402 g/mol. The Kier molecular flexibility index (Phi) is 5.79. The van der Waals surface area contributed by atoms with Gasteiger partial charge in [-0.2, -0.15) is 0 Å². The standard InChI is InChI=1S/C22H27NO4S/c1-13(27-15-11-9-14(10-12-15)22(2,3)4)19(24)23-20-18(21(25)26-5)16-7-6-8-17(16)28-20/h9-13H,6-8H2,1-5H3,(H,23,24)/t13-/m0/s1. The molecule has 1 heterocycles. The fourth-order valence-corrected chi connectivity index (χ4v) is 4.60. The highest BCUT2D eigenvalue weighted by molar-refractivity contribution is 7.17. The lowest BCUT2D eigenvalue weighted by Crippen LogP contribution is -2.30. The van der Waals surface area contributed by atoms with Gasteiger partial charge in [0.05, 0.1) is 12.7 Å². The van der Waals surface area contributed by atoms with E-state index in [2.05, 4.69) is 26.1 Å². The van der Waals surface area contributed by atoms with Crippen LogP contribution >= 0.6 is 11.3 Å². The SMILES string of the molecule is COC(=O)c1c(NC(=O)[C@H](C)Oc2ccc(C(C)(C)C)cc2)sc2c1CCC2.